The highest BCUT2D eigenvalue weighted by atomic mass is 16.2. The second-order valence-electron chi connectivity index (χ2n) is 4.50. The van der Waals surface area contributed by atoms with E-state index in [1.54, 1.807) is 4.57 Å². The molecule has 2 aromatic rings. The maximum Gasteiger partial charge on any atom is 0.332 e. The fraction of sp³-hybridized carbons (Fsp3) is 0.545. The van der Waals surface area contributed by atoms with Gasteiger partial charge in [-0.1, -0.05) is 0 Å². The first-order chi connectivity index (χ1) is 8.40. The minimum absolute atomic E-state index is 0.0913. The third kappa shape index (κ3) is 1.47. The molecule has 2 heterocycles. The van der Waals surface area contributed by atoms with Crippen LogP contribution < -0.4 is 17.0 Å². The van der Waals surface area contributed by atoms with Gasteiger partial charge in [0.1, 0.15) is 0 Å². The van der Waals surface area contributed by atoms with Crippen molar-refractivity contribution in [1.82, 2.24) is 18.7 Å². The number of rotatable bonds is 2. The Bertz CT molecular complexity index is 720. The number of hydrogen-bond donors (Lipinski definition) is 1. The highest BCUT2D eigenvalue weighted by Gasteiger charge is 2.19. The first-order valence-electron chi connectivity index (χ1n) is 5.87. The zero-order valence-corrected chi connectivity index (χ0v) is 11.0. The molecular weight excluding hydrogens is 234 g/mol. The molecule has 0 spiro atoms. The highest BCUT2D eigenvalue weighted by Crippen LogP contribution is 2.15. The third-order valence-corrected chi connectivity index (χ3v) is 3.04. The Morgan fingerprint density at radius 1 is 1.33 bits per heavy atom. The van der Waals surface area contributed by atoms with Gasteiger partial charge in [-0.2, -0.15) is 4.98 Å². The average molecular weight is 251 g/mol. The van der Waals surface area contributed by atoms with Crippen molar-refractivity contribution in [3.63, 3.8) is 0 Å². The fourth-order valence-electron chi connectivity index (χ4n) is 2.12. The lowest BCUT2D eigenvalue weighted by atomic mass is 10.3. The first-order valence-corrected chi connectivity index (χ1v) is 5.87. The van der Waals surface area contributed by atoms with Crippen LogP contribution in [0.15, 0.2) is 9.59 Å². The number of hydrogen-bond acceptors (Lipinski definition) is 4. The van der Waals surface area contributed by atoms with E-state index in [9.17, 15) is 9.59 Å². The molecule has 98 valence electrons. The molecule has 0 amide bonds. The van der Waals surface area contributed by atoms with Gasteiger partial charge in [-0.15, -0.1) is 0 Å². The number of nitrogens with zero attached hydrogens (tertiary/aromatic N) is 4. The summed E-state index contributed by atoms with van der Waals surface area (Å²) < 4.78 is 4.20. The van der Waals surface area contributed by atoms with Crippen molar-refractivity contribution in [2.24, 2.45) is 7.05 Å². The van der Waals surface area contributed by atoms with E-state index in [-0.39, 0.29) is 23.2 Å². The van der Waals surface area contributed by atoms with Gasteiger partial charge in [-0.3, -0.25) is 13.9 Å². The van der Waals surface area contributed by atoms with E-state index in [1.165, 1.54) is 11.6 Å². The second kappa shape index (κ2) is 4.01. The Kier molecular flexibility index (Phi) is 2.76. The largest absolute Gasteiger partial charge is 0.369 e. The number of nitrogens with two attached hydrogens (primary N) is 1. The Balaban J connectivity index is 3.12. The smallest absolute Gasteiger partial charge is 0.332 e. The number of nitrogen functional groups attached to an aromatic ring is 1. The Hall–Kier alpha value is -2.05. The normalized spacial score (nSPS) is 11.6. The number of anilines is 1. The van der Waals surface area contributed by atoms with Crippen LogP contribution in [0.3, 0.4) is 0 Å². The van der Waals surface area contributed by atoms with E-state index in [0.29, 0.717) is 17.7 Å². The van der Waals surface area contributed by atoms with E-state index < -0.39 is 0 Å². The Morgan fingerprint density at radius 2 is 1.94 bits per heavy atom. The average Bonchev–Trinajstić information content (AvgIpc) is 2.62. The van der Waals surface area contributed by atoms with Crippen LogP contribution in [0.25, 0.3) is 11.2 Å². The van der Waals surface area contributed by atoms with Gasteiger partial charge < -0.3 is 10.3 Å². The summed E-state index contributed by atoms with van der Waals surface area (Å²) >= 11 is 0. The molecule has 0 aliphatic rings. The summed E-state index contributed by atoms with van der Waals surface area (Å²) in [5.74, 6) is 0.254. The molecule has 0 radical (unpaired) electrons. The molecule has 0 atom stereocenters. The number of imidazole rings is 1. The van der Waals surface area contributed by atoms with E-state index in [2.05, 4.69) is 4.98 Å². The summed E-state index contributed by atoms with van der Waals surface area (Å²) in [5.41, 5.74) is 5.79. The van der Waals surface area contributed by atoms with Gasteiger partial charge in [0, 0.05) is 19.6 Å². The predicted molar refractivity (Wildman–Crippen MR) is 69.7 cm³/mol. The molecule has 2 aromatic heterocycles. The summed E-state index contributed by atoms with van der Waals surface area (Å²) in [7, 11) is 1.46. The lowest BCUT2D eigenvalue weighted by Crippen LogP contribution is -2.39. The molecule has 0 aliphatic carbocycles. The van der Waals surface area contributed by atoms with E-state index in [4.69, 9.17) is 5.73 Å². The van der Waals surface area contributed by atoms with Crippen LogP contribution in [0, 0.1) is 0 Å². The quantitative estimate of drug-likeness (QED) is 0.818. The second-order valence-corrected chi connectivity index (χ2v) is 4.50. The van der Waals surface area contributed by atoms with Gasteiger partial charge in [-0.05, 0) is 20.8 Å². The minimum atomic E-state index is -0.372. The van der Waals surface area contributed by atoms with Gasteiger partial charge in [0.05, 0.1) is 0 Å². The van der Waals surface area contributed by atoms with Crippen LogP contribution in [0.4, 0.5) is 5.95 Å². The van der Waals surface area contributed by atoms with Crippen molar-refractivity contribution in [3.05, 3.63) is 20.8 Å². The van der Waals surface area contributed by atoms with Crippen LogP contribution in [0.1, 0.15) is 26.8 Å². The minimum Gasteiger partial charge on any atom is -0.369 e. The molecular formula is C11H17N5O2. The zero-order valence-electron chi connectivity index (χ0n) is 11.0. The molecule has 0 fully saturated rings. The molecule has 0 aromatic carbocycles. The molecule has 2 rings (SSSR count). The first kappa shape index (κ1) is 12.4. The van der Waals surface area contributed by atoms with Crippen molar-refractivity contribution < 1.29 is 0 Å². The monoisotopic (exact) mass is 251 g/mol. The van der Waals surface area contributed by atoms with Gasteiger partial charge in [0.25, 0.3) is 5.56 Å². The van der Waals surface area contributed by atoms with E-state index in [0.717, 1.165) is 4.57 Å². The van der Waals surface area contributed by atoms with Gasteiger partial charge in [-0.25, -0.2) is 4.79 Å². The Labute approximate surface area is 103 Å². The standard InChI is InChI=1S/C11H17N5O2/c1-5-15-7-8(13-10(15)12)16(6(2)3)11(18)14(4)9(7)17/h6H,5H2,1-4H3,(H2,12,13). The molecule has 7 nitrogen and oxygen atoms in total. The SMILES string of the molecule is CCn1c(N)nc2c1c(=O)n(C)c(=O)n2C(C)C. The fourth-order valence-corrected chi connectivity index (χ4v) is 2.12. The molecule has 0 bridgehead atoms. The topological polar surface area (TPSA) is 87.8 Å². The molecule has 7 heteroatoms. The van der Waals surface area contributed by atoms with Crippen molar-refractivity contribution in [2.75, 3.05) is 5.73 Å². The highest BCUT2D eigenvalue weighted by molar-refractivity contribution is 5.73. The maximum atomic E-state index is 12.2. The van der Waals surface area contributed by atoms with Gasteiger partial charge in [0.2, 0.25) is 5.95 Å². The summed E-state index contributed by atoms with van der Waals surface area (Å²) in [4.78, 5) is 28.4. The zero-order chi connectivity index (χ0) is 13.6. The summed E-state index contributed by atoms with van der Waals surface area (Å²) in [6, 6.07) is -0.0913. The van der Waals surface area contributed by atoms with Crippen molar-refractivity contribution in [2.45, 2.75) is 33.4 Å². The maximum absolute atomic E-state index is 12.2. The van der Waals surface area contributed by atoms with Crippen molar-refractivity contribution in [3.8, 4) is 0 Å². The Morgan fingerprint density at radius 3 is 2.44 bits per heavy atom. The van der Waals surface area contributed by atoms with Crippen LogP contribution >= 0.6 is 0 Å². The van der Waals surface area contributed by atoms with Crippen LogP contribution in [-0.4, -0.2) is 18.7 Å². The summed E-state index contributed by atoms with van der Waals surface area (Å²) in [6.45, 7) is 6.15. The predicted octanol–water partition coefficient (Wildman–Crippen LogP) is 0.0797. The molecule has 0 saturated heterocycles. The van der Waals surface area contributed by atoms with E-state index in [1.807, 2.05) is 20.8 Å². The number of aryl methyl sites for hydroxylation is 1. The van der Waals surface area contributed by atoms with Gasteiger partial charge in [0.15, 0.2) is 11.2 Å². The number of fused-ring (bicyclic) bond motifs is 1. The van der Waals surface area contributed by atoms with Gasteiger partial charge >= 0.3 is 5.69 Å². The lowest BCUT2D eigenvalue weighted by molar-refractivity contribution is 0.551. The molecule has 0 aliphatic heterocycles. The summed E-state index contributed by atoms with van der Waals surface area (Å²) in [6.07, 6.45) is 0. The third-order valence-electron chi connectivity index (χ3n) is 3.04. The van der Waals surface area contributed by atoms with Crippen molar-refractivity contribution in [1.29, 1.82) is 0 Å². The number of aromatic nitrogens is 4. The van der Waals surface area contributed by atoms with Crippen LogP contribution in [0.5, 0.6) is 0 Å². The molecule has 0 saturated carbocycles. The molecule has 18 heavy (non-hydrogen) atoms. The van der Waals surface area contributed by atoms with E-state index >= 15 is 0 Å². The van der Waals surface area contributed by atoms with Crippen LogP contribution in [0.2, 0.25) is 0 Å². The summed E-state index contributed by atoms with van der Waals surface area (Å²) in [5, 5.41) is 0. The van der Waals surface area contributed by atoms with Crippen molar-refractivity contribution >= 4 is 17.1 Å². The molecule has 0 unspecified atom stereocenters. The lowest BCUT2D eigenvalue weighted by Gasteiger charge is -2.12. The van der Waals surface area contributed by atoms with Crippen LogP contribution in [-0.2, 0) is 13.6 Å². The molecule has 2 N–H and O–H groups in total.